The maximum Gasteiger partial charge on any atom is 0.124 e. The molecule has 0 unspecified atom stereocenters. The Kier molecular flexibility index (Phi) is 4.68. The van der Waals surface area contributed by atoms with Crippen LogP contribution >= 0.6 is 0 Å². The van der Waals surface area contributed by atoms with Gasteiger partial charge in [-0.25, -0.2) is 0 Å². The summed E-state index contributed by atoms with van der Waals surface area (Å²) in [6.45, 7) is 1.68. The van der Waals surface area contributed by atoms with Crippen LogP contribution in [0.4, 0.5) is 0 Å². The van der Waals surface area contributed by atoms with Crippen LogP contribution in [-0.2, 0) is 24.3 Å². The van der Waals surface area contributed by atoms with Crippen molar-refractivity contribution in [3.05, 3.63) is 71.3 Å². The Hall–Kier alpha value is -1.93. The second-order valence-electron chi connectivity index (χ2n) is 4.28. The normalized spacial score (nSPS) is 10.2. The van der Waals surface area contributed by atoms with Gasteiger partial charge in [0.1, 0.15) is 6.29 Å². The minimum atomic E-state index is 0.493. The molecule has 18 heavy (non-hydrogen) atoms. The molecule has 0 aliphatic rings. The van der Waals surface area contributed by atoms with E-state index >= 15 is 0 Å². The van der Waals surface area contributed by atoms with Crippen molar-refractivity contribution in [2.45, 2.75) is 19.5 Å². The molecule has 0 fully saturated rings. The smallest absolute Gasteiger partial charge is 0.124 e. The summed E-state index contributed by atoms with van der Waals surface area (Å²) in [5, 5.41) is 3.40. The number of carbonyl (C=O) groups is 1. The lowest BCUT2D eigenvalue weighted by molar-refractivity contribution is -0.107. The zero-order chi connectivity index (χ0) is 12.6. The highest BCUT2D eigenvalue weighted by atomic mass is 16.1. The van der Waals surface area contributed by atoms with Gasteiger partial charge in [-0.15, -0.1) is 0 Å². The van der Waals surface area contributed by atoms with Gasteiger partial charge in [0.2, 0.25) is 0 Å². The first-order valence-corrected chi connectivity index (χ1v) is 6.14. The van der Waals surface area contributed by atoms with E-state index in [1.165, 1.54) is 11.1 Å². The van der Waals surface area contributed by atoms with E-state index in [2.05, 4.69) is 29.6 Å². The van der Waals surface area contributed by atoms with Crippen LogP contribution < -0.4 is 5.32 Å². The van der Waals surface area contributed by atoms with Crippen LogP contribution in [0.1, 0.15) is 16.7 Å². The van der Waals surface area contributed by atoms with Crippen LogP contribution in [0, 0.1) is 0 Å². The number of hydrogen-bond donors (Lipinski definition) is 1. The second kappa shape index (κ2) is 6.72. The fourth-order valence-electron chi connectivity index (χ4n) is 1.91. The third-order valence-corrected chi connectivity index (χ3v) is 2.81. The Bertz CT molecular complexity index is 493. The fraction of sp³-hybridized carbons (Fsp3) is 0.188. The molecule has 0 radical (unpaired) electrons. The van der Waals surface area contributed by atoms with Crippen molar-refractivity contribution in [3.8, 4) is 0 Å². The summed E-state index contributed by atoms with van der Waals surface area (Å²) < 4.78 is 0. The zero-order valence-electron chi connectivity index (χ0n) is 10.3. The van der Waals surface area contributed by atoms with E-state index in [0.717, 1.165) is 24.9 Å². The van der Waals surface area contributed by atoms with Gasteiger partial charge in [0.25, 0.3) is 0 Å². The Labute approximate surface area is 108 Å². The number of rotatable bonds is 6. The first-order chi connectivity index (χ1) is 8.88. The van der Waals surface area contributed by atoms with Crippen LogP contribution in [0.25, 0.3) is 0 Å². The van der Waals surface area contributed by atoms with Crippen molar-refractivity contribution in [2.24, 2.45) is 0 Å². The summed E-state index contributed by atoms with van der Waals surface area (Å²) in [4.78, 5) is 10.5. The molecule has 0 saturated carbocycles. The molecule has 2 nitrogen and oxygen atoms in total. The summed E-state index contributed by atoms with van der Waals surface area (Å²) in [5.74, 6) is 0. The van der Waals surface area contributed by atoms with E-state index in [0.29, 0.717) is 6.42 Å². The molecule has 2 aromatic rings. The molecule has 1 N–H and O–H groups in total. The minimum absolute atomic E-state index is 0.493. The lowest BCUT2D eigenvalue weighted by atomic mass is 10.1. The molecule has 0 bridgehead atoms. The summed E-state index contributed by atoms with van der Waals surface area (Å²) in [5.41, 5.74) is 3.57. The van der Waals surface area contributed by atoms with Gasteiger partial charge >= 0.3 is 0 Å². The van der Waals surface area contributed by atoms with Gasteiger partial charge in [0, 0.05) is 19.5 Å². The third kappa shape index (κ3) is 3.82. The summed E-state index contributed by atoms with van der Waals surface area (Å²) in [7, 11) is 0. The van der Waals surface area contributed by atoms with E-state index in [9.17, 15) is 4.79 Å². The molecule has 0 aliphatic heterocycles. The predicted octanol–water partition coefficient (Wildman–Crippen LogP) is 2.72. The molecule has 0 saturated heterocycles. The van der Waals surface area contributed by atoms with E-state index in [-0.39, 0.29) is 0 Å². The van der Waals surface area contributed by atoms with Crippen molar-refractivity contribution in [1.29, 1.82) is 0 Å². The SMILES string of the molecule is O=CCc1cccc(CNCc2ccccc2)c1. The van der Waals surface area contributed by atoms with Crippen molar-refractivity contribution >= 4 is 6.29 Å². The molecule has 2 aromatic carbocycles. The van der Waals surface area contributed by atoms with Crippen molar-refractivity contribution in [2.75, 3.05) is 0 Å². The van der Waals surface area contributed by atoms with Gasteiger partial charge in [-0.05, 0) is 16.7 Å². The minimum Gasteiger partial charge on any atom is -0.309 e. The van der Waals surface area contributed by atoms with Crippen LogP contribution in [0.3, 0.4) is 0 Å². The maximum absolute atomic E-state index is 10.5. The van der Waals surface area contributed by atoms with Crippen LogP contribution in [0.2, 0.25) is 0 Å². The first kappa shape index (κ1) is 12.5. The van der Waals surface area contributed by atoms with E-state index in [1.54, 1.807) is 0 Å². The van der Waals surface area contributed by atoms with Crippen molar-refractivity contribution in [1.82, 2.24) is 5.32 Å². The molecule has 2 heteroatoms. The molecule has 0 heterocycles. The molecular weight excluding hydrogens is 222 g/mol. The van der Waals surface area contributed by atoms with E-state index in [4.69, 9.17) is 0 Å². The molecule has 0 aliphatic carbocycles. The molecule has 0 spiro atoms. The molecule has 0 atom stereocenters. The van der Waals surface area contributed by atoms with Gasteiger partial charge < -0.3 is 10.1 Å². The quantitative estimate of drug-likeness (QED) is 0.785. The predicted molar refractivity (Wildman–Crippen MR) is 73.2 cm³/mol. The second-order valence-corrected chi connectivity index (χ2v) is 4.28. The molecule has 0 aromatic heterocycles. The maximum atomic E-state index is 10.5. The highest BCUT2D eigenvalue weighted by molar-refractivity contribution is 5.55. The Morgan fingerprint density at radius 3 is 2.28 bits per heavy atom. The Morgan fingerprint density at radius 2 is 1.50 bits per heavy atom. The fourth-order valence-corrected chi connectivity index (χ4v) is 1.91. The highest BCUT2D eigenvalue weighted by Gasteiger charge is 1.96. The molecule has 92 valence electrons. The average Bonchev–Trinajstić information content (AvgIpc) is 2.41. The largest absolute Gasteiger partial charge is 0.309 e. The van der Waals surface area contributed by atoms with Crippen molar-refractivity contribution < 1.29 is 4.79 Å². The van der Waals surface area contributed by atoms with Gasteiger partial charge in [0.05, 0.1) is 0 Å². The van der Waals surface area contributed by atoms with Crippen LogP contribution in [0.5, 0.6) is 0 Å². The van der Waals surface area contributed by atoms with Gasteiger partial charge in [-0.2, -0.15) is 0 Å². The lowest BCUT2D eigenvalue weighted by Crippen LogP contribution is -2.12. The van der Waals surface area contributed by atoms with Crippen molar-refractivity contribution in [3.63, 3.8) is 0 Å². The average molecular weight is 239 g/mol. The molecular formula is C16H17NO. The van der Waals surface area contributed by atoms with Crippen LogP contribution in [0.15, 0.2) is 54.6 Å². The monoisotopic (exact) mass is 239 g/mol. The van der Waals surface area contributed by atoms with E-state index in [1.807, 2.05) is 30.3 Å². The van der Waals surface area contributed by atoms with Gasteiger partial charge in [0.15, 0.2) is 0 Å². The van der Waals surface area contributed by atoms with Gasteiger partial charge in [-0.3, -0.25) is 0 Å². The lowest BCUT2D eigenvalue weighted by Gasteiger charge is -2.06. The number of hydrogen-bond acceptors (Lipinski definition) is 2. The Balaban J connectivity index is 1.86. The van der Waals surface area contributed by atoms with E-state index < -0.39 is 0 Å². The molecule has 0 amide bonds. The van der Waals surface area contributed by atoms with Crippen LogP contribution in [-0.4, -0.2) is 6.29 Å². The number of benzene rings is 2. The summed E-state index contributed by atoms with van der Waals surface area (Å²) in [6, 6.07) is 18.5. The molecule has 2 rings (SSSR count). The number of carbonyl (C=O) groups excluding carboxylic acids is 1. The third-order valence-electron chi connectivity index (χ3n) is 2.81. The first-order valence-electron chi connectivity index (χ1n) is 6.14. The summed E-state index contributed by atoms with van der Waals surface area (Å²) in [6.07, 6.45) is 1.43. The summed E-state index contributed by atoms with van der Waals surface area (Å²) >= 11 is 0. The standard InChI is InChI=1S/C16H17NO/c18-10-9-14-7-4-8-16(11-14)13-17-12-15-5-2-1-3-6-15/h1-8,10-11,17H,9,12-13H2. The zero-order valence-corrected chi connectivity index (χ0v) is 10.3. The number of nitrogens with one attached hydrogen (secondary N) is 1. The number of aldehydes is 1. The highest BCUT2D eigenvalue weighted by Crippen LogP contribution is 2.06. The topological polar surface area (TPSA) is 29.1 Å². The Morgan fingerprint density at radius 1 is 0.833 bits per heavy atom. The van der Waals surface area contributed by atoms with Gasteiger partial charge in [-0.1, -0.05) is 54.6 Å².